The maximum atomic E-state index is 11.9. The fourth-order valence-corrected chi connectivity index (χ4v) is 5.52. The smallest absolute Gasteiger partial charge is 0.318 e. The summed E-state index contributed by atoms with van der Waals surface area (Å²) in [6.45, 7) is 2.83. The van der Waals surface area contributed by atoms with Gasteiger partial charge in [-0.25, -0.2) is 19.4 Å². The van der Waals surface area contributed by atoms with Crippen LogP contribution in [0.5, 0.6) is 0 Å². The van der Waals surface area contributed by atoms with Crippen LogP contribution < -0.4 is 15.5 Å². The summed E-state index contributed by atoms with van der Waals surface area (Å²) in [5.41, 5.74) is 2.34. The number of hydrogen-bond donors (Lipinski definition) is 2. The zero-order chi connectivity index (χ0) is 22.8. The number of morpholine rings is 1. The van der Waals surface area contributed by atoms with E-state index in [2.05, 4.69) is 15.5 Å². The van der Waals surface area contributed by atoms with Crippen molar-refractivity contribution in [3.05, 3.63) is 30.5 Å². The zero-order valence-corrected chi connectivity index (χ0v) is 19.3. The lowest BCUT2D eigenvalue weighted by Crippen LogP contribution is -2.37. The van der Waals surface area contributed by atoms with E-state index in [9.17, 15) is 9.00 Å². The summed E-state index contributed by atoms with van der Waals surface area (Å²) in [4.78, 5) is 23.7. The van der Waals surface area contributed by atoms with Gasteiger partial charge in [-0.2, -0.15) is 5.10 Å². The van der Waals surface area contributed by atoms with Crippen LogP contribution in [0, 0.1) is 0 Å². The fraction of sp³-hybridized carbons (Fsp3) is 0.455. The second-order valence-electron chi connectivity index (χ2n) is 8.16. The number of carbonyl (C=O) groups is 1. The Morgan fingerprint density at radius 3 is 2.55 bits per heavy atom. The van der Waals surface area contributed by atoms with Crippen LogP contribution in [0.4, 0.5) is 16.3 Å². The number of fused-ring (bicyclic) bond motifs is 1. The summed E-state index contributed by atoms with van der Waals surface area (Å²) in [5.74, 6) is 2.85. The molecule has 1 aromatic carbocycles. The van der Waals surface area contributed by atoms with Gasteiger partial charge in [-0.15, -0.1) is 0 Å². The first-order valence-electron chi connectivity index (χ1n) is 11.1. The van der Waals surface area contributed by atoms with Crippen LogP contribution in [0.3, 0.4) is 0 Å². The van der Waals surface area contributed by atoms with Crippen molar-refractivity contribution in [3.8, 4) is 11.4 Å². The Balaban J connectivity index is 1.55. The number of hydrogen-bond acceptors (Lipinski definition) is 7. The third-order valence-corrected chi connectivity index (χ3v) is 7.46. The Hall–Kier alpha value is -3.05. The molecule has 3 aromatic rings. The molecule has 2 fully saturated rings. The number of nitrogens with zero attached hydrogens (tertiary/aromatic N) is 5. The lowest BCUT2D eigenvalue weighted by atomic mass is 10.1. The highest BCUT2D eigenvalue weighted by molar-refractivity contribution is 7.85. The summed E-state index contributed by atoms with van der Waals surface area (Å²) in [6, 6.07) is 7.38. The lowest BCUT2D eigenvalue weighted by Gasteiger charge is -2.28. The number of aromatic nitrogens is 4. The molecule has 0 spiro atoms. The predicted octanol–water partition coefficient (Wildman–Crippen LogP) is 2.16. The van der Waals surface area contributed by atoms with E-state index in [0.717, 1.165) is 48.3 Å². The number of urea groups is 1. The quantitative estimate of drug-likeness (QED) is 0.602. The van der Waals surface area contributed by atoms with Crippen LogP contribution in [0.1, 0.15) is 18.9 Å². The van der Waals surface area contributed by atoms with Crippen molar-refractivity contribution in [2.45, 2.75) is 18.9 Å². The summed E-state index contributed by atoms with van der Waals surface area (Å²) in [7, 11) is 0.840. The summed E-state index contributed by atoms with van der Waals surface area (Å²) >= 11 is 0. The zero-order valence-electron chi connectivity index (χ0n) is 18.5. The van der Waals surface area contributed by atoms with Crippen molar-refractivity contribution in [1.82, 2.24) is 25.1 Å². The molecular formula is C22H27N7O3S. The van der Waals surface area contributed by atoms with Crippen molar-refractivity contribution in [1.29, 1.82) is 0 Å². The van der Waals surface area contributed by atoms with Gasteiger partial charge >= 0.3 is 6.03 Å². The van der Waals surface area contributed by atoms with Gasteiger partial charge in [0.25, 0.3) is 0 Å². The molecular weight excluding hydrogens is 442 g/mol. The number of amides is 2. The van der Waals surface area contributed by atoms with Crippen LogP contribution in [-0.2, 0) is 15.5 Å². The lowest BCUT2D eigenvalue weighted by molar-refractivity contribution is 0.122. The van der Waals surface area contributed by atoms with Gasteiger partial charge in [-0.05, 0) is 37.1 Å². The molecule has 2 aliphatic rings. The molecule has 2 N–H and O–H groups in total. The van der Waals surface area contributed by atoms with Crippen molar-refractivity contribution < 1.29 is 13.7 Å². The minimum Gasteiger partial charge on any atom is -0.378 e. The van der Waals surface area contributed by atoms with E-state index in [1.165, 1.54) is 0 Å². The molecule has 11 heteroatoms. The van der Waals surface area contributed by atoms with E-state index in [1.54, 1.807) is 7.05 Å². The maximum absolute atomic E-state index is 11.9. The highest BCUT2D eigenvalue weighted by Gasteiger charge is 2.25. The van der Waals surface area contributed by atoms with E-state index < -0.39 is 10.8 Å². The van der Waals surface area contributed by atoms with Crippen molar-refractivity contribution in [2.75, 3.05) is 55.1 Å². The maximum Gasteiger partial charge on any atom is 0.318 e. The van der Waals surface area contributed by atoms with E-state index >= 15 is 0 Å². The molecule has 5 rings (SSSR count). The molecule has 0 radical (unpaired) electrons. The second kappa shape index (κ2) is 9.44. The van der Waals surface area contributed by atoms with Crippen LogP contribution in [-0.4, -0.2) is 74.8 Å². The summed E-state index contributed by atoms with van der Waals surface area (Å²) in [6.07, 6.45) is 3.51. The van der Waals surface area contributed by atoms with E-state index in [0.29, 0.717) is 36.2 Å². The SMILES string of the molecule is CNC(=O)Nc1ccc(-c2nc(N3CCOCC3)c3cnn(C4CCS(=O)CC4)c3n2)cc1. The molecule has 2 aromatic heterocycles. The Morgan fingerprint density at radius 2 is 1.85 bits per heavy atom. The number of anilines is 2. The van der Waals surface area contributed by atoms with E-state index in [1.807, 2.05) is 35.1 Å². The normalized spacial score (nSPS) is 21.2. The average Bonchev–Trinajstić information content (AvgIpc) is 3.29. The highest BCUT2D eigenvalue weighted by Crippen LogP contribution is 2.32. The molecule has 0 atom stereocenters. The average molecular weight is 470 g/mol. The van der Waals surface area contributed by atoms with Gasteiger partial charge in [-0.1, -0.05) is 0 Å². The van der Waals surface area contributed by atoms with Crippen molar-refractivity contribution in [2.24, 2.45) is 0 Å². The van der Waals surface area contributed by atoms with E-state index in [4.69, 9.17) is 19.8 Å². The Morgan fingerprint density at radius 1 is 1.12 bits per heavy atom. The number of carbonyl (C=O) groups excluding carboxylic acids is 1. The molecule has 0 aliphatic carbocycles. The molecule has 174 valence electrons. The molecule has 2 aliphatic heterocycles. The van der Waals surface area contributed by atoms with Gasteiger partial charge in [0.15, 0.2) is 11.5 Å². The van der Waals surface area contributed by atoms with Crippen molar-refractivity contribution >= 4 is 39.4 Å². The van der Waals surface area contributed by atoms with Gasteiger partial charge < -0.3 is 20.3 Å². The van der Waals surface area contributed by atoms with E-state index in [-0.39, 0.29) is 12.1 Å². The fourth-order valence-electron chi connectivity index (χ4n) is 4.25. The summed E-state index contributed by atoms with van der Waals surface area (Å²) in [5, 5.41) is 10.9. The molecule has 2 saturated heterocycles. The molecule has 4 heterocycles. The Bertz CT molecular complexity index is 1160. The predicted molar refractivity (Wildman–Crippen MR) is 128 cm³/mol. The molecule has 0 bridgehead atoms. The van der Waals surface area contributed by atoms with Gasteiger partial charge in [0, 0.05) is 53.7 Å². The monoisotopic (exact) mass is 469 g/mol. The Kier molecular flexibility index (Phi) is 6.23. The number of nitrogens with one attached hydrogen (secondary N) is 2. The molecule has 2 amide bonds. The molecule has 10 nitrogen and oxygen atoms in total. The van der Waals surface area contributed by atoms with Crippen molar-refractivity contribution in [3.63, 3.8) is 0 Å². The minimum absolute atomic E-state index is 0.180. The third-order valence-electron chi connectivity index (χ3n) is 6.08. The number of benzene rings is 1. The number of rotatable bonds is 4. The Labute approximate surface area is 194 Å². The first-order valence-corrected chi connectivity index (χ1v) is 12.6. The largest absolute Gasteiger partial charge is 0.378 e. The summed E-state index contributed by atoms with van der Waals surface area (Å²) < 4.78 is 19.4. The topological polar surface area (TPSA) is 114 Å². The van der Waals surface area contributed by atoms with Crippen LogP contribution in [0.2, 0.25) is 0 Å². The number of ether oxygens (including phenoxy) is 1. The minimum atomic E-state index is -0.736. The van der Waals surface area contributed by atoms with Gasteiger partial charge in [0.2, 0.25) is 0 Å². The van der Waals surface area contributed by atoms with Gasteiger partial charge in [0.1, 0.15) is 5.82 Å². The first-order chi connectivity index (χ1) is 16.1. The third kappa shape index (κ3) is 4.55. The van der Waals surface area contributed by atoms with Crippen LogP contribution in [0.25, 0.3) is 22.4 Å². The molecule has 33 heavy (non-hydrogen) atoms. The van der Waals surface area contributed by atoms with Gasteiger partial charge in [0.05, 0.1) is 30.8 Å². The molecule has 0 saturated carbocycles. The molecule has 0 unspecified atom stereocenters. The van der Waals surface area contributed by atoms with Crippen LogP contribution in [0.15, 0.2) is 30.5 Å². The first kappa shape index (κ1) is 21.8. The van der Waals surface area contributed by atoms with Crippen LogP contribution >= 0.6 is 0 Å². The standard InChI is InChI=1S/C22H27N7O3S/c1-23-22(30)25-16-4-2-15(3-5-16)19-26-20(28-8-10-32-11-9-28)18-14-24-29(21(18)27-19)17-6-12-33(31)13-7-17/h2-5,14,17H,6-13H2,1H3,(H2,23,25,30). The highest BCUT2D eigenvalue weighted by atomic mass is 32.2. The van der Waals surface area contributed by atoms with Gasteiger partial charge in [-0.3, -0.25) is 4.21 Å². The second-order valence-corrected chi connectivity index (χ2v) is 9.85.